The van der Waals surface area contributed by atoms with E-state index in [4.69, 9.17) is 25.8 Å². The highest BCUT2D eigenvalue weighted by molar-refractivity contribution is 6.35. The number of aromatic nitrogens is 1. The second-order valence-electron chi connectivity index (χ2n) is 3.87. The molecule has 2 rings (SSSR count). The molecule has 0 radical (unpaired) electrons. The summed E-state index contributed by atoms with van der Waals surface area (Å²) < 4.78 is 15.4. The van der Waals surface area contributed by atoms with Gasteiger partial charge in [0.25, 0.3) is 0 Å². The van der Waals surface area contributed by atoms with Crippen LogP contribution in [0.3, 0.4) is 0 Å². The first-order chi connectivity index (χ1) is 9.15. The second-order valence-corrected chi connectivity index (χ2v) is 4.28. The van der Waals surface area contributed by atoms with E-state index >= 15 is 0 Å². The fourth-order valence-corrected chi connectivity index (χ4v) is 1.90. The van der Waals surface area contributed by atoms with E-state index in [2.05, 4.69) is 4.98 Å². The van der Waals surface area contributed by atoms with Crippen molar-refractivity contribution >= 4 is 22.5 Å². The van der Waals surface area contributed by atoms with Gasteiger partial charge in [-0.25, -0.2) is 0 Å². The molecular formula is C13H14ClNO4. The van der Waals surface area contributed by atoms with Gasteiger partial charge in [0, 0.05) is 25.7 Å². The SMILES string of the molecule is COC(COc1cc(=O)c2cccc(Cl)c2[nH]1)OC. The highest BCUT2D eigenvalue weighted by atomic mass is 35.5. The molecule has 1 heterocycles. The van der Waals surface area contributed by atoms with E-state index in [0.717, 1.165) is 0 Å². The number of para-hydroxylation sites is 1. The molecule has 0 spiro atoms. The van der Waals surface area contributed by atoms with Crippen LogP contribution >= 0.6 is 11.6 Å². The zero-order valence-electron chi connectivity index (χ0n) is 10.6. The molecule has 0 saturated heterocycles. The Morgan fingerprint density at radius 1 is 1.32 bits per heavy atom. The van der Waals surface area contributed by atoms with Crippen molar-refractivity contribution in [2.45, 2.75) is 6.29 Å². The summed E-state index contributed by atoms with van der Waals surface area (Å²) in [5.41, 5.74) is 0.399. The fourth-order valence-electron chi connectivity index (χ4n) is 1.68. The highest BCUT2D eigenvalue weighted by Crippen LogP contribution is 2.21. The van der Waals surface area contributed by atoms with Crippen molar-refractivity contribution in [2.24, 2.45) is 0 Å². The third-order valence-electron chi connectivity index (χ3n) is 2.69. The quantitative estimate of drug-likeness (QED) is 0.855. The van der Waals surface area contributed by atoms with E-state index in [1.165, 1.54) is 20.3 Å². The summed E-state index contributed by atoms with van der Waals surface area (Å²) in [5.74, 6) is 0.324. The Balaban J connectivity index is 2.30. The Labute approximate surface area is 115 Å². The molecule has 0 saturated carbocycles. The molecule has 0 unspecified atom stereocenters. The number of benzene rings is 1. The molecule has 1 aromatic heterocycles. The molecule has 5 nitrogen and oxygen atoms in total. The summed E-state index contributed by atoms with van der Waals surface area (Å²) in [6.45, 7) is 0.166. The number of nitrogens with one attached hydrogen (secondary N) is 1. The van der Waals surface area contributed by atoms with Gasteiger partial charge in [-0.05, 0) is 12.1 Å². The molecule has 0 bridgehead atoms. The number of H-pyrrole nitrogens is 1. The molecule has 0 aliphatic carbocycles. The van der Waals surface area contributed by atoms with Crippen LogP contribution in [-0.2, 0) is 9.47 Å². The van der Waals surface area contributed by atoms with Gasteiger partial charge in [0.2, 0.25) is 0 Å². The van der Waals surface area contributed by atoms with Crippen molar-refractivity contribution in [3.63, 3.8) is 0 Å². The number of halogens is 1. The zero-order chi connectivity index (χ0) is 13.8. The Hall–Kier alpha value is -1.56. The third-order valence-corrected chi connectivity index (χ3v) is 3.01. The average Bonchev–Trinajstić information content (AvgIpc) is 2.41. The topological polar surface area (TPSA) is 60.5 Å². The van der Waals surface area contributed by atoms with Crippen LogP contribution in [0.2, 0.25) is 5.02 Å². The Bertz CT molecular complexity index is 622. The summed E-state index contributed by atoms with van der Waals surface area (Å²) in [5, 5.41) is 0.991. The molecule has 0 atom stereocenters. The van der Waals surface area contributed by atoms with Gasteiger partial charge in [0.1, 0.15) is 6.61 Å². The van der Waals surface area contributed by atoms with E-state index in [0.29, 0.717) is 21.8 Å². The molecule has 102 valence electrons. The number of fused-ring (bicyclic) bond motifs is 1. The van der Waals surface area contributed by atoms with Gasteiger partial charge in [-0.1, -0.05) is 17.7 Å². The van der Waals surface area contributed by atoms with Crippen molar-refractivity contribution in [3.8, 4) is 5.88 Å². The lowest BCUT2D eigenvalue weighted by molar-refractivity contribution is -0.122. The lowest BCUT2D eigenvalue weighted by Crippen LogP contribution is -2.22. The number of hydrogen-bond acceptors (Lipinski definition) is 4. The molecule has 0 aliphatic heterocycles. The summed E-state index contributed by atoms with van der Waals surface area (Å²) in [6, 6.07) is 6.51. The molecule has 0 amide bonds. The normalized spacial score (nSPS) is 11.2. The third kappa shape index (κ3) is 3.07. The van der Waals surface area contributed by atoms with E-state index in [9.17, 15) is 4.79 Å². The fraction of sp³-hybridized carbons (Fsp3) is 0.308. The average molecular weight is 284 g/mol. The molecule has 2 aromatic rings. The van der Waals surface area contributed by atoms with Crippen LogP contribution in [0.5, 0.6) is 5.88 Å². The number of hydrogen-bond donors (Lipinski definition) is 1. The molecular weight excluding hydrogens is 270 g/mol. The number of rotatable bonds is 5. The number of ether oxygens (including phenoxy) is 3. The Morgan fingerprint density at radius 2 is 2.05 bits per heavy atom. The first kappa shape index (κ1) is 13.9. The Morgan fingerprint density at radius 3 is 2.74 bits per heavy atom. The van der Waals surface area contributed by atoms with Gasteiger partial charge in [0.15, 0.2) is 17.6 Å². The van der Waals surface area contributed by atoms with E-state index in [1.807, 2.05) is 0 Å². The molecule has 1 aromatic carbocycles. The lowest BCUT2D eigenvalue weighted by Gasteiger charge is -2.14. The minimum Gasteiger partial charge on any atom is -0.473 e. The minimum absolute atomic E-state index is 0.155. The van der Waals surface area contributed by atoms with Crippen LogP contribution in [-0.4, -0.2) is 32.1 Å². The van der Waals surface area contributed by atoms with Crippen molar-refractivity contribution < 1.29 is 14.2 Å². The van der Waals surface area contributed by atoms with Crippen LogP contribution < -0.4 is 10.2 Å². The maximum Gasteiger partial charge on any atom is 0.195 e. The Kier molecular flexibility index (Phi) is 4.42. The number of pyridine rings is 1. The van der Waals surface area contributed by atoms with E-state index in [-0.39, 0.29) is 12.0 Å². The summed E-state index contributed by atoms with van der Waals surface area (Å²) in [4.78, 5) is 14.9. The van der Waals surface area contributed by atoms with Gasteiger partial charge in [-0.2, -0.15) is 0 Å². The van der Waals surface area contributed by atoms with Gasteiger partial charge in [-0.3, -0.25) is 4.79 Å². The first-order valence-corrected chi connectivity index (χ1v) is 6.03. The molecule has 0 fully saturated rings. The molecule has 0 aliphatic rings. The summed E-state index contributed by atoms with van der Waals surface area (Å²) in [6.07, 6.45) is -0.495. The molecule has 19 heavy (non-hydrogen) atoms. The number of aromatic amines is 1. The lowest BCUT2D eigenvalue weighted by atomic mass is 10.2. The summed E-state index contributed by atoms with van der Waals surface area (Å²) >= 11 is 6.04. The van der Waals surface area contributed by atoms with Crippen LogP contribution in [0.1, 0.15) is 0 Å². The highest BCUT2D eigenvalue weighted by Gasteiger charge is 2.09. The number of methoxy groups -OCH3 is 2. The zero-order valence-corrected chi connectivity index (χ0v) is 11.4. The van der Waals surface area contributed by atoms with Crippen LogP contribution in [0.15, 0.2) is 29.1 Å². The predicted molar refractivity (Wildman–Crippen MR) is 72.9 cm³/mol. The van der Waals surface area contributed by atoms with Crippen LogP contribution in [0.25, 0.3) is 10.9 Å². The first-order valence-electron chi connectivity index (χ1n) is 5.65. The monoisotopic (exact) mass is 283 g/mol. The van der Waals surface area contributed by atoms with Crippen molar-refractivity contribution in [1.29, 1.82) is 0 Å². The van der Waals surface area contributed by atoms with Crippen LogP contribution in [0.4, 0.5) is 0 Å². The van der Waals surface area contributed by atoms with Crippen molar-refractivity contribution in [1.82, 2.24) is 4.98 Å². The van der Waals surface area contributed by atoms with Crippen molar-refractivity contribution in [3.05, 3.63) is 39.5 Å². The predicted octanol–water partition coefficient (Wildman–Crippen LogP) is 2.18. The summed E-state index contributed by atoms with van der Waals surface area (Å²) in [7, 11) is 3.02. The second kappa shape index (κ2) is 6.06. The maximum absolute atomic E-state index is 11.9. The van der Waals surface area contributed by atoms with E-state index in [1.54, 1.807) is 18.2 Å². The minimum atomic E-state index is -0.495. The van der Waals surface area contributed by atoms with Crippen molar-refractivity contribution in [2.75, 3.05) is 20.8 Å². The largest absolute Gasteiger partial charge is 0.473 e. The van der Waals surface area contributed by atoms with E-state index < -0.39 is 6.29 Å². The van der Waals surface area contributed by atoms with Gasteiger partial charge in [0.05, 0.1) is 10.5 Å². The standard InChI is InChI=1S/C13H14ClNO4/c1-17-12(18-2)7-19-11-6-10(16)8-4-3-5-9(14)13(8)15-11/h3-6,12H,7H2,1-2H3,(H,15,16). The molecule has 1 N–H and O–H groups in total. The van der Waals surface area contributed by atoms with Gasteiger partial charge in [-0.15, -0.1) is 0 Å². The van der Waals surface area contributed by atoms with Gasteiger partial charge < -0.3 is 19.2 Å². The molecule has 6 heteroatoms. The van der Waals surface area contributed by atoms with Gasteiger partial charge >= 0.3 is 0 Å². The maximum atomic E-state index is 11.9. The smallest absolute Gasteiger partial charge is 0.195 e. The van der Waals surface area contributed by atoms with Crippen LogP contribution in [0, 0.1) is 0 Å².